The van der Waals surface area contributed by atoms with E-state index in [4.69, 9.17) is 16.6 Å². The lowest BCUT2D eigenvalue weighted by Gasteiger charge is -2.13. The first-order chi connectivity index (χ1) is 9.63. The molecule has 0 heterocycles. The SMILES string of the molecule is NC(=O)C[C@@H](NS(=O)(=O)c1ccc(C(N)=O)cc1)C(=O)O. The zero-order valence-electron chi connectivity index (χ0n) is 10.6. The van der Waals surface area contributed by atoms with E-state index >= 15 is 0 Å². The van der Waals surface area contributed by atoms with Crippen LogP contribution in [0.5, 0.6) is 0 Å². The molecule has 0 saturated heterocycles. The number of amides is 2. The highest BCUT2D eigenvalue weighted by atomic mass is 32.2. The van der Waals surface area contributed by atoms with Crippen molar-refractivity contribution in [3.8, 4) is 0 Å². The van der Waals surface area contributed by atoms with Gasteiger partial charge in [-0.15, -0.1) is 0 Å². The largest absolute Gasteiger partial charge is 0.480 e. The molecular weight excluding hydrogens is 302 g/mol. The van der Waals surface area contributed by atoms with Gasteiger partial charge >= 0.3 is 5.97 Å². The Kier molecular flexibility index (Phi) is 5.00. The van der Waals surface area contributed by atoms with E-state index < -0.39 is 40.3 Å². The van der Waals surface area contributed by atoms with Gasteiger partial charge in [0, 0.05) is 5.56 Å². The van der Waals surface area contributed by atoms with E-state index in [1.54, 1.807) is 0 Å². The van der Waals surface area contributed by atoms with Gasteiger partial charge in [0.1, 0.15) is 6.04 Å². The Bertz CT molecular complexity index is 668. The summed E-state index contributed by atoms with van der Waals surface area (Å²) in [5, 5.41) is 8.85. The lowest BCUT2D eigenvalue weighted by molar-refractivity contribution is -0.140. The lowest BCUT2D eigenvalue weighted by Crippen LogP contribution is -2.43. The van der Waals surface area contributed by atoms with Crippen LogP contribution in [0.15, 0.2) is 29.2 Å². The number of carboxylic acids is 1. The van der Waals surface area contributed by atoms with Crippen molar-refractivity contribution in [3.05, 3.63) is 29.8 Å². The summed E-state index contributed by atoms with van der Waals surface area (Å²) < 4.78 is 25.8. The molecule has 10 heteroatoms. The number of carbonyl (C=O) groups is 3. The van der Waals surface area contributed by atoms with Crippen molar-refractivity contribution in [2.45, 2.75) is 17.4 Å². The summed E-state index contributed by atoms with van der Waals surface area (Å²) in [6.07, 6.45) is -0.687. The highest BCUT2D eigenvalue weighted by molar-refractivity contribution is 7.89. The predicted molar refractivity (Wildman–Crippen MR) is 70.5 cm³/mol. The zero-order valence-corrected chi connectivity index (χ0v) is 11.5. The molecule has 0 radical (unpaired) electrons. The number of hydrogen-bond acceptors (Lipinski definition) is 5. The smallest absolute Gasteiger partial charge is 0.322 e. The van der Waals surface area contributed by atoms with Crippen LogP contribution >= 0.6 is 0 Å². The van der Waals surface area contributed by atoms with Crippen molar-refractivity contribution in [2.75, 3.05) is 0 Å². The molecule has 1 atom stereocenters. The van der Waals surface area contributed by atoms with Crippen molar-refractivity contribution in [3.63, 3.8) is 0 Å². The van der Waals surface area contributed by atoms with Crippen molar-refractivity contribution < 1.29 is 27.9 Å². The van der Waals surface area contributed by atoms with Crippen LogP contribution in [0.25, 0.3) is 0 Å². The van der Waals surface area contributed by atoms with Crippen LogP contribution in [0.2, 0.25) is 0 Å². The van der Waals surface area contributed by atoms with Crippen LogP contribution in [0.3, 0.4) is 0 Å². The first kappa shape index (κ1) is 16.6. The molecule has 1 rings (SSSR count). The summed E-state index contributed by atoms with van der Waals surface area (Å²) in [6, 6.07) is 2.86. The highest BCUT2D eigenvalue weighted by Crippen LogP contribution is 2.11. The molecule has 2 amide bonds. The predicted octanol–water partition coefficient (Wildman–Crippen LogP) is -1.61. The minimum atomic E-state index is -4.18. The number of carbonyl (C=O) groups excluding carboxylic acids is 2. The molecule has 0 aliphatic carbocycles. The number of nitrogens with two attached hydrogens (primary N) is 2. The molecule has 0 aromatic heterocycles. The van der Waals surface area contributed by atoms with E-state index in [0.717, 1.165) is 12.1 Å². The third-order valence-electron chi connectivity index (χ3n) is 2.45. The first-order valence-electron chi connectivity index (χ1n) is 5.57. The molecule has 0 unspecified atom stereocenters. The van der Waals surface area contributed by atoms with E-state index in [0.29, 0.717) is 0 Å². The molecule has 0 fully saturated rings. The monoisotopic (exact) mass is 315 g/mol. The molecule has 0 aliphatic rings. The van der Waals surface area contributed by atoms with Gasteiger partial charge in [-0.2, -0.15) is 4.72 Å². The quantitative estimate of drug-likeness (QED) is 0.471. The Morgan fingerprint density at radius 3 is 2.05 bits per heavy atom. The van der Waals surface area contributed by atoms with Gasteiger partial charge in [-0.25, -0.2) is 8.42 Å². The maximum Gasteiger partial charge on any atom is 0.322 e. The summed E-state index contributed by atoms with van der Waals surface area (Å²) >= 11 is 0. The van der Waals surface area contributed by atoms with E-state index in [1.807, 2.05) is 4.72 Å². The summed E-state index contributed by atoms with van der Waals surface area (Å²) in [7, 11) is -4.18. The van der Waals surface area contributed by atoms with Crippen molar-refractivity contribution in [2.24, 2.45) is 11.5 Å². The van der Waals surface area contributed by atoms with E-state index in [2.05, 4.69) is 0 Å². The molecular formula is C11H13N3O6S. The fourth-order valence-corrected chi connectivity index (χ4v) is 2.62. The van der Waals surface area contributed by atoms with Gasteiger partial charge in [-0.3, -0.25) is 14.4 Å². The highest BCUT2D eigenvalue weighted by Gasteiger charge is 2.26. The van der Waals surface area contributed by atoms with Gasteiger partial charge < -0.3 is 16.6 Å². The minimum Gasteiger partial charge on any atom is -0.480 e. The number of primary amides is 2. The molecule has 1 aromatic rings. The molecule has 6 N–H and O–H groups in total. The third-order valence-corrected chi connectivity index (χ3v) is 3.94. The van der Waals surface area contributed by atoms with Crippen LogP contribution in [0.1, 0.15) is 16.8 Å². The Labute approximate surface area is 120 Å². The number of rotatable bonds is 7. The number of benzene rings is 1. The molecule has 114 valence electrons. The van der Waals surface area contributed by atoms with Gasteiger partial charge in [-0.1, -0.05) is 0 Å². The normalized spacial score (nSPS) is 12.6. The number of hydrogen-bond donors (Lipinski definition) is 4. The molecule has 0 spiro atoms. The zero-order chi connectivity index (χ0) is 16.2. The average Bonchev–Trinajstić information content (AvgIpc) is 2.37. The number of aliphatic carboxylic acids is 1. The second-order valence-electron chi connectivity index (χ2n) is 4.07. The average molecular weight is 315 g/mol. The minimum absolute atomic E-state index is 0.0980. The molecule has 0 saturated carbocycles. The van der Waals surface area contributed by atoms with Crippen LogP contribution in [-0.2, 0) is 19.6 Å². The molecule has 1 aromatic carbocycles. The number of nitrogens with one attached hydrogen (secondary N) is 1. The molecule has 0 aliphatic heterocycles. The van der Waals surface area contributed by atoms with Gasteiger partial charge in [0.05, 0.1) is 11.3 Å². The standard InChI is InChI=1S/C11H13N3O6S/c12-9(15)5-8(11(17)18)14-21(19,20)7-3-1-6(2-4-7)10(13)16/h1-4,8,14H,5H2,(H2,12,15)(H2,13,16)(H,17,18)/t8-/m1/s1. The maximum absolute atomic E-state index is 12.0. The van der Waals surface area contributed by atoms with Gasteiger partial charge in [0.2, 0.25) is 21.8 Å². The van der Waals surface area contributed by atoms with Crippen LogP contribution in [0, 0.1) is 0 Å². The van der Waals surface area contributed by atoms with Gasteiger partial charge in [0.15, 0.2) is 0 Å². The van der Waals surface area contributed by atoms with Crippen LogP contribution in [-0.4, -0.2) is 37.3 Å². The molecule has 21 heavy (non-hydrogen) atoms. The fraction of sp³-hybridized carbons (Fsp3) is 0.182. The van der Waals surface area contributed by atoms with E-state index in [-0.39, 0.29) is 10.5 Å². The number of carboxylic acid groups (broad SMARTS) is 1. The maximum atomic E-state index is 12.0. The van der Waals surface area contributed by atoms with Crippen molar-refractivity contribution in [1.29, 1.82) is 0 Å². The lowest BCUT2D eigenvalue weighted by atomic mass is 10.2. The van der Waals surface area contributed by atoms with E-state index in [1.165, 1.54) is 12.1 Å². The molecule has 9 nitrogen and oxygen atoms in total. The summed E-state index contributed by atoms with van der Waals surface area (Å²) in [6.45, 7) is 0. The van der Waals surface area contributed by atoms with Crippen LogP contribution in [0.4, 0.5) is 0 Å². The first-order valence-corrected chi connectivity index (χ1v) is 7.05. The second-order valence-corrected chi connectivity index (χ2v) is 5.79. The van der Waals surface area contributed by atoms with Crippen molar-refractivity contribution in [1.82, 2.24) is 4.72 Å². The Morgan fingerprint density at radius 1 is 1.14 bits per heavy atom. The van der Waals surface area contributed by atoms with Gasteiger partial charge in [-0.05, 0) is 24.3 Å². The summed E-state index contributed by atoms with van der Waals surface area (Å²) in [4.78, 5) is 32.2. The van der Waals surface area contributed by atoms with Gasteiger partial charge in [0.25, 0.3) is 0 Å². The Morgan fingerprint density at radius 2 is 1.67 bits per heavy atom. The Balaban J connectivity index is 3.01. The summed E-state index contributed by atoms with van der Waals surface area (Å²) in [5.41, 5.74) is 9.97. The molecule has 0 bridgehead atoms. The summed E-state index contributed by atoms with van der Waals surface area (Å²) in [5.74, 6) is -3.23. The Hall–Kier alpha value is -2.46. The second kappa shape index (κ2) is 6.33. The van der Waals surface area contributed by atoms with Crippen molar-refractivity contribution >= 4 is 27.8 Å². The van der Waals surface area contributed by atoms with E-state index in [9.17, 15) is 22.8 Å². The number of sulfonamides is 1. The van der Waals surface area contributed by atoms with Crippen LogP contribution < -0.4 is 16.2 Å². The third kappa shape index (κ3) is 4.54. The topological polar surface area (TPSA) is 170 Å². The fourth-order valence-electron chi connectivity index (χ4n) is 1.43.